The van der Waals surface area contributed by atoms with E-state index in [9.17, 15) is 0 Å². The summed E-state index contributed by atoms with van der Waals surface area (Å²) < 4.78 is 0. The van der Waals surface area contributed by atoms with E-state index in [1.54, 1.807) is 0 Å². The number of rotatable bonds is 4. The minimum absolute atomic E-state index is 0.349. The van der Waals surface area contributed by atoms with Crippen molar-refractivity contribution in [2.75, 3.05) is 6.54 Å². The fraction of sp³-hybridized carbons (Fsp3) is 0.263. The van der Waals surface area contributed by atoms with Gasteiger partial charge in [-0.1, -0.05) is 47.5 Å². The second kappa shape index (κ2) is 5.74. The van der Waals surface area contributed by atoms with Gasteiger partial charge >= 0.3 is 0 Å². The van der Waals surface area contributed by atoms with Gasteiger partial charge in [-0.25, -0.2) is 0 Å². The zero-order valence-corrected chi connectivity index (χ0v) is 12.7. The van der Waals surface area contributed by atoms with Crippen LogP contribution in [0, 0.1) is 13.8 Å². The predicted octanol–water partition coefficient (Wildman–Crippen LogP) is 4.07. The Hall–Kier alpha value is -2.06. The maximum absolute atomic E-state index is 6.07. The number of nitrogens with two attached hydrogens (primary N) is 1. The lowest BCUT2D eigenvalue weighted by atomic mass is 9.90. The summed E-state index contributed by atoms with van der Waals surface area (Å²) in [6.07, 6.45) is 3.10. The van der Waals surface area contributed by atoms with Crippen LogP contribution < -0.4 is 5.73 Å². The van der Waals surface area contributed by atoms with Gasteiger partial charge in [0.1, 0.15) is 0 Å². The Morgan fingerprint density at radius 2 is 1.76 bits per heavy atom. The lowest BCUT2D eigenvalue weighted by Gasteiger charge is -2.15. The van der Waals surface area contributed by atoms with Crippen LogP contribution in [0.1, 0.15) is 28.2 Å². The van der Waals surface area contributed by atoms with Crippen LogP contribution >= 0.6 is 0 Å². The summed E-state index contributed by atoms with van der Waals surface area (Å²) in [6.45, 7) is 4.97. The Balaban J connectivity index is 1.95. The number of aromatic nitrogens is 1. The smallest absolute Gasteiger partial charge is 0.0456 e. The molecule has 1 heterocycles. The van der Waals surface area contributed by atoms with E-state index in [4.69, 9.17) is 5.73 Å². The summed E-state index contributed by atoms with van der Waals surface area (Å²) in [4.78, 5) is 3.36. The molecule has 0 aliphatic rings. The van der Waals surface area contributed by atoms with Gasteiger partial charge in [0.2, 0.25) is 0 Å². The van der Waals surface area contributed by atoms with Crippen LogP contribution in [0.15, 0.2) is 48.7 Å². The number of hydrogen-bond acceptors (Lipinski definition) is 1. The summed E-state index contributed by atoms with van der Waals surface area (Å²) in [5, 5.41) is 1.29. The largest absolute Gasteiger partial charge is 0.361 e. The van der Waals surface area contributed by atoms with Crippen LogP contribution in [0.5, 0.6) is 0 Å². The Labute approximate surface area is 126 Å². The number of hydrogen-bond donors (Lipinski definition) is 2. The van der Waals surface area contributed by atoms with Crippen LogP contribution in [-0.2, 0) is 6.42 Å². The van der Waals surface area contributed by atoms with E-state index in [1.165, 1.54) is 33.2 Å². The number of nitrogens with one attached hydrogen (secondary N) is 1. The van der Waals surface area contributed by atoms with Gasteiger partial charge in [0.05, 0.1) is 0 Å². The number of benzene rings is 2. The monoisotopic (exact) mass is 278 g/mol. The van der Waals surface area contributed by atoms with Crippen LogP contribution in [0.3, 0.4) is 0 Å². The molecule has 0 bridgehead atoms. The van der Waals surface area contributed by atoms with E-state index >= 15 is 0 Å². The third kappa shape index (κ3) is 2.86. The fourth-order valence-electron chi connectivity index (χ4n) is 3.22. The minimum atomic E-state index is 0.349. The van der Waals surface area contributed by atoms with Crippen molar-refractivity contribution in [1.29, 1.82) is 0 Å². The summed E-state index contributed by atoms with van der Waals surface area (Å²) in [5.74, 6) is 0.349. The number of fused-ring (bicyclic) bond motifs is 1. The zero-order valence-electron chi connectivity index (χ0n) is 12.7. The highest BCUT2D eigenvalue weighted by atomic mass is 14.7. The van der Waals surface area contributed by atoms with Crippen molar-refractivity contribution in [2.45, 2.75) is 26.2 Å². The average Bonchev–Trinajstić information content (AvgIpc) is 2.87. The average molecular weight is 278 g/mol. The molecule has 1 unspecified atom stereocenters. The van der Waals surface area contributed by atoms with Crippen molar-refractivity contribution in [3.05, 3.63) is 70.9 Å². The summed E-state index contributed by atoms with van der Waals surface area (Å²) in [6, 6.07) is 15.2. The molecule has 1 atom stereocenters. The molecule has 2 nitrogen and oxygen atoms in total. The quantitative estimate of drug-likeness (QED) is 0.742. The molecule has 21 heavy (non-hydrogen) atoms. The first-order valence-corrected chi connectivity index (χ1v) is 7.50. The molecule has 3 aromatic rings. The first-order chi connectivity index (χ1) is 10.2. The predicted molar refractivity (Wildman–Crippen MR) is 89.7 cm³/mol. The molecular formula is C19H22N2. The zero-order chi connectivity index (χ0) is 14.8. The lowest BCUT2D eigenvalue weighted by molar-refractivity contribution is 0.699. The first-order valence-electron chi connectivity index (χ1n) is 7.50. The van der Waals surface area contributed by atoms with Gasteiger partial charge in [-0.2, -0.15) is 0 Å². The van der Waals surface area contributed by atoms with Gasteiger partial charge in [0.25, 0.3) is 0 Å². The molecule has 3 rings (SSSR count). The molecule has 108 valence electrons. The second-order valence-electron chi connectivity index (χ2n) is 5.92. The molecule has 0 radical (unpaired) electrons. The molecule has 3 N–H and O–H groups in total. The van der Waals surface area contributed by atoms with Crippen molar-refractivity contribution < 1.29 is 0 Å². The number of aryl methyl sites for hydroxylation is 2. The molecule has 1 aromatic heterocycles. The topological polar surface area (TPSA) is 41.8 Å². The van der Waals surface area contributed by atoms with Crippen molar-refractivity contribution in [2.24, 2.45) is 5.73 Å². The lowest BCUT2D eigenvalue weighted by Crippen LogP contribution is -2.15. The maximum atomic E-state index is 6.07. The van der Waals surface area contributed by atoms with Gasteiger partial charge in [-0.15, -0.1) is 0 Å². The van der Waals surface area contributed by atoms with Crippen LogP contribution in [0.25, 0.3) is 10.9 Å². The Morgan fingerprint density at radius 1 is 1.05 bits per heavy atom. The van der Waals surface area contributed by atoms with Crippen molar-refractivity contribution >= 4 is 10.9 Å². The van der Waals surface area contributed by atoms with E-state index in [1.807, 2.05) is 0 Å². The van der Waals surface area contributed by atoms with Crippen molar-refractivity contribution in [3.63, 3.8) is 0 Å². The summed E-state index contributed by atoms with van der Waals surface area (Å²) >= 11 is 0. The molecule has 0 saturated carbocycles. The molecular weight excluding hydrogens is 256 g/mol. The second-order valence-corrected chi connectivity index (χ2v) is 5.92. The summed E-state index contributed by atoms with van der Waals surface area (Å²) in [5.41, 5.74) is 12.6. The molecule has 0 spiro atoms. The molecule has 2 aromatic carbocycles. The van der Waals surface area contributed by atoms with Gasteiger partial charge in [0, 0.05) is 23.0 Å². The number of aromatic amines is 1. The first kappa shape index (κ1) is 13.9. The Bertz CT molecular complexity index is 735. The molecule has 0 aliphatic carbocycles. The molecule has 0 amide bonds. The van der Waals surface area contributed by atoms with E-state index < -0.39 is 0 Å². The van der Waals surface area contributed by atoms with Gasteiger partial charge in [0.15, 0.2) is 0 Å². The third-order valence-corrected chi connectivity index (χ3v) is 4.11. The van der Waals surface area contributed by atoms with E-state index in [0.29, 0.717) is 12.5 Å². The third-order valence-electron chi connectivity index (χ3n) is 4.11. The normalized spacial score (nSPS) is 12.7. The van der Waals surface area contributed by atoms with Crippen LogP contribution in [0.2, 0.25) is 0 Å². The molecule has 0 saturated heterocycles. The SMILES string of the molecule is Cc1cc(C)cc(CC(CN)c2c[nH]c3ccccc23)c1. The Morgan fingerprint density at radius 3 is 2.48 bits per heavy atom. The minimum Gasteiger partial charge on any atom is -0.361 e. The molecule has 2 heteroatoms. The standard InChI is InChI=1S/C19H22N2/c1-13-7-14(2)9-15(8-13)10-16(11-20)18-12-21-19-6-4-3-5-17(18)19/h3-9,12,16,21H,10-11,20H2,1-2H3. The van der Waals surface area contributed by atoms with E-state index in [-0.39, 0.29) is 0 Å². The van der Waals surface area contributed by atoms with Crippen molar-refractivity contribution in [1.82, 2.24) is 4.98 Å². The number of para-hydroxylation sites is 1. The number of H-pyrrole nitrogens is 1. The fourth-order valence-corrected chi connectivity index (χ4v) is 3.22. The van der Waals surface area contributed by atoms with E-state index in [0.717, 1.165) is 6.42 Å². The van der Waals surface area contributed by atoms with E-state index in [2.05, 4.69) is 67.5 Å². The molecule has 0 aliphatic heterocycles. The summed E-state index contributed by atoms with van der Waals surface area (Å²) in [7, 11) is 0. The highest BCUT2D eigenvalue weighted by Gasteiger charge is 2.15. The van der Waals surface area contributed by atoms with Gasteiger partial charge in [-0.05, 0) is 44.0 Å². The highest BCUT2D eigenvalue weighted by Crippen LogP contribution is 2.28. The maximum Gasteiger partial charge on any atom is 0.0456 e. The van der Waals surface area contributed by atoms with Gasteiger partial charge < -0.3 is 10.7 Å². The van der Waals surface area contributed by atoms with Crippen LogP contribution in [0.4, 0.5) is 0 Å². The van der Waals surface area contributed by atoms with Crippen LogP contribution in [-0.4, -0.2) is 11.5 Å². The highest BCUT2D eigenvalue weighted by molar-refractivity contribution is 5.83. The molecule has 0 fully saturated rings. The Kier molecular flexibility index (Phi) is 3.80. The van der Waals surface area contributed by atoms with Gasteiger partial charge in [-0.3, -0.25) is 0 Å². The van der Waals surface area contributed by atoms with Crippen molar-refractivity contribution in [3.8, 4) is 0 Å².